The maximum Gasteiger partial charge on any atom is 0.224 e. The molecule has 2 aromatic carbocycles. The zero-order chi connectivity index (χ0) is 16.7. The average Bonchev–Trinajstić information content (AvgIpc) is 2.55. The summed E-state index contributed by atoms with van der Waals surface area (Å²) in [6, 6.07) is 13.2. The molecule has 0 heterocycles. The molecule has 2 rings (SSSR count). The van der Waals surface area contributed by atoms with E-state index in [4.69, 9.17) is 16.3 Å². The second-order valence-electron chi connectivity index (χ2n) is 5.12. The van der Waals surface area contributed by atoms with Crippen LogP contribution in [0.4, 0.5) is 5.69 Å². The third-order valence-corrected chi connectivity index (χ3v) is 4.25. The lowest BCUT2D eigenvalue weighted by Gasteiger charge is -2.09. The first kappa shape index (κ1) is 17.8. The van der Waals surface area contributed by atoms with Gasteiger partial charge in [-0.2, -0.15) is 0 Å². The fourth-order valence-electron chi connectivity index (χ4n) is 2.05. The van der Waals surface area contributed by atoms with Gasteiger partial charge in [0.05, 0.1) is 12.3 Å². The molecule has 0 spiro atoms. The first-order valence-corrected chi connectivity index (χ1v) is 8.72. The van der Waals surface area contributed by atoms with Gasteiger partial charge in [-0.3, -0.25) is 4.79 Å². The molecule has 0 saturated heterocycles. The Morgan fingerprint density at radius 1 is 1.22 bits per heavy atom. The number of benzene rings is 2. The minimum Gasteiger partial charge on any atom is -0.494 e. The van der Waals surface area contributed by atoms with Gasteiger partial charge < -0.3 is 10.1 Å². The Hall–Kier alpha value is -1.52. The maximum absolute atomic E-state index is 12.0. The fraction of sp³-hybridized carbons (Fsp3) is 0.278. The van der Waals surface area contributed by atoms with E-state index in [2.05, 4.69) is 28.2 Å². The number of amides is 1. The molecule has 1 amide bonds. The molecule has 0 unspecified atom stereocenters. The predicted molar refractivity (Wildman–Crippen MR) is 98.3 cm³/mol. The molecule has 23 heavy (non-hydrogen) atoms. The van der Waals surface area contributed by atoms with Gasteiger partial charge >= 0.3 is 0 Å². The van der Waals surface area contributed by atoms with Crippen LogP contribution in [0.3, 0.4) is 0 Å². The Morgan fingerprint density at radius 2 is 1.96 bits per heavy atom. The van der Waals surface area contributed by atoms with Crippen LogP contribution < -0.4 is 10.1 Å². The summed E-state index contributed by atoms with van der Waals surface area (Å²) in [5.74, 6) is 0.738. The van der Waals surface area contributed by atoms with Crippen molar-refractivity contribution in [3.63, 3.8) is 0 Å². The SMILES string of the molecule is CCc1ccc(NC(=O)CCCOc2ccc(Cl)cc2)c(Br)c1. The van der Waals surface area contributed by atoms with Crippen molar-refractivity contribution in [1.82, 2.24) is 0 Å². The lowest BCUT2D eigenvalue weighted by molar-refractivity contribution is -0.116. The molecule has 0 bridgehead atoms. The quantitative estimate of drug-likeness (QED) is 0.631. The summed E-state index contributed by atoms with van der Waals surface area (Å²) < 4.78 is 6.47. The first-order valence-electron chi connectivity index (χ1n) is 7.55. The third-order valence-electron chi connectivity index (χ3n) is 3.35. The monoisotopic (exact) mass is 395 g/mol. The number of ether oxygens (including phenoxy) is 1. The summed E-state index contributed by atoms with van der Waals surface area (Å²) in [4.78, 5) is 12.0. The standard InChI is InChI=1S/C18H19BrClNO2/c1-2-13-5-10-17(16(19)12-13)21-18(22)4-3-11-23-15-8-6-14(20)7-9-15/h5-10,12H,2-4,11H2,1H3,(H,21,22). The van der Waals surface area contributed by atoms with Crippen LogP contribution in [0.1, 0.15) is 25.3 Å². The minimum absolute atomic E-state index is 0.0188. The number of hydrogen-bond donors (Lipinski definition) is 1. The van der Waals surface area contributed by atoms with Gasteiger partial charge in [-0.15, -0.1) is 0 Å². The van der Waals surface area contributed by atoms with Crippen LogP contribution in [0.2, 0.25) is 5.02 Å². The van der Waals surface area contributed by atoms with Crippen molar-refractivity contribution in [2.24, 2.45) is 0 Å². The molecule has 0 aliphatic heterocycles. The summed E-state index contributed by atoms with van der Waals surface area (Å²) in [5.41, 5.74) is 2.03. The Balaban J connectivity index is 1.74. The molecule has 0 radical (unpaired) electrons. The van der Waals surface area contributed by atoms with Crippen molar-refractivity contribution in [3.05, 3.63) is 57.5 Å². The molecule has 5 heteroatoms. The van der Waals surface area contributed by atoms with Crippen molar-refractivity contribution in [2.45, 2.75) is 26.2 Å². The molecule has 0 aliphatic carbocycles. The van der Waals surface area contributed by atoms with Crippen molar-refractivity contribution in [3.8, 4) is 5.75 Å². The summed E-state index contributed by atoms with van der Waals surface area (Å²) in [7, 11) is 0. The highest BCUT2D eigenvalue weighted by Crippen LogP contribution is 2.24. The van der Waals surface area contributed by atoms with Crippen LogP contribution in [-0.2, 0) is 11.2 Å². The molecule has 0 atom stereocenters. The van der Waals surface area contributed by atoms with Crippen molar-refractivity contribution >= 4 is 39.1 Å². The van der Waals surface area contributed by atoms with Crippen molar-refractivity contribution < 1.29 is 9.53 Å². The summed E-state index contributed by atoms with van der Waals surface area (Å²) in [6.45, 7) is 2.59. The maximum atomic E-state index is 12.0. The molecule has 122 valence electrons. The Bertz CT molecular complexity index is 659. The number of carbonyl (C=O) groups excluding carboxylic acids is 1. The highest BCUT2D eigenvalue weighted by Gasteiger charge is 2.06. The van der Waals surface area contributed by atoms with Gasteiger partial charge in [-0.1, -0.05) is 24.6 Å². The van der Waals surface area contributed by atoms with Crippen LogP contribution in [0.5, 0.6) is 5.75 Å². The van der Waals surface area contributed by atoms with E-state index in [1.54, 1.807) is 12.1 Å². The van der Waals surface area contributed by atoms with Crippen LogP contribution in [0, 0.1) is 0 Å². The van der Waals surface area contributed by atoms with Gasteiger partial charge in [0.2, 0.25) is 5.91 Å². The zero-order valence-electron chi connectivity index (χ0n) is 12.9. The highest BCUT2D eigenvalue weighted by atomic mass is 79.9. The van der Waals surface area contributed by atoms with Gasteiger partial charge in [0.15, 0.2) is 0 Å². The van der Waals surface area contributed by atoms with E-state index in [0.29, 0.717) is 24.5 Å². The van der Waals surface area contributed by atoms with Gasteiger partial charge in [0.1, 0.15) is 5.75 Å². The summed E-state index contributed by atoms with van der Waals surface area (Å²) in [6.07, 6.45) is 2.03. The predicted octanol–water partition coefficient (Wildman–Crippen LogP) is 5.46. The van der Waals surface area contributed by atoms with Crippen LogP contribution in [0.25, 0.3) is 0 Å². The van der Waals surface area contributed by atoms with Crippen LogP contribution in [0.15, 0.2) is 46.9 Å². The number of aryl methyl sites for hydroxylation is 1. The minimum atomic E-state index is -0.0188. The number of hydrogen-bond acceptors (Lipinski definition) is 2. The number of rotatable bonds is 7. The molecular formula is C18H19BrClNO2. The average molecular weight is 397 g/mol. The van der Waals surface area contributed by atoms with Gasteiger partial charge in [-0.05, 0) is 70.7 Å². The first-order chi connectivity index (χ1) is 11.1. The molecule has 3 nitrogen and oxygen atoms in total. The lowest BCUT2D eigenvalue weighted by Crippen LogP contribution is -2.13. The highest BCUT2D eigenvalue weighted by molar-refractivity contribution is 9.10. The van der Waals surface area contributed by atoms with Crippen molar-refractivity contribution in [1.29, 1.82) is 0 Å². The topological polar surface area (TPSA) is 38.3 Å². The van der Waals surface area contributed by atoms with E-state index in [0.717, 1.165) is 22.3 Å². The zero-order valence-corrected chi connectivity index (χ0v) is 15.3. The van der Waals surface area contributed by atoms with E-state index in [-0.39, 0.29) is 5.91 Å². The Labute approximate surface area is 150 Å². The summed E-state index contributed by atoms with van der Waals surface area (Å²) >= 11 is 9.30. The smallest absolute Gasteiger partial charge is 0.224 e. The lowest BCUT2D eigenvalue weighted by atomic mass is 10.1. The van der Waals surface area contributed by atoms with Gasteiger partial charge in [0, 0.05) is 15.9 Å². The molecule has 0 aromatic heterocycles. The number of carbonyl (C=O) groups is 1. The van der Waals surface area contributed by atoms with E-state index >= 15 is 0 Å². The third kappa shape index (κ3) is 5.88. The fourth-order valence-corrected chi connectivity index (χ4v) is 2.70. The molecule has 0 fully saturated rings. The van der Waals surface area contributed by atoms with Crippen molar-refractivity contribution in [2.75, 3.05) is 11.9 Å². The number of anilines is 1. The second-order valence-corrected chi connectivity index (χ2v) is 6.41. The number of nitrogens with one attached hydrogen (secondary N) is 1. The normalized spacial score (nSPS) is 10.4. The molecule has 0 aliphatic rings. The molecule has 1 N–H and O–H groups in total. The number of halogens is 2. The van der Waals surface area contributed by atoms with E-state index in [9.17, 15) is 4.79 Å². The molecule has 0 saturated carbocycles. The molecule has 2 aromatic rings. The second kappa shape index (κ2) is 8.94. The van der Waals surface area contributed by atoms with Gasteiger partial charge in [0.25, 0.3) is 0 Å². The molecular weight excluding hydrogens is 378 g/mol. The Morgan fingerprint density at radius 3 is 2.61 bits per heavy atom. The van der Waals surface area contributed by atoms with Crippen LogP contribution >= 0.6 is 27.5 Å². The Kier molecular flexibility index (Phi) is 6.93. The van der Waals surface area contributed by atoms with E-state index in [1.165, 1.54) is 5.56 Å². The van der Waals surface area contributed by atoms with E-state index < -0.39 is 0 Å². The van der Waals surface area contributed by atoms with Gasteiger partial charge in [-0.25, -0.2) is 0 Å². The van der Waals surface area contributed by atoms with Crippen LogP contribution in [-0.4, -0.2) is 12.5 Å². The van der Waals surface area contributed by atoms with E-state index in [1.807, 2.05) is 30.3 Å². The largest absolute Gasteiger partial charge is 0.494 e. The summed E-state index contributed by atoms with van der Waals surface area (Å²) in [5, 5.41) is 3.59.